The molecule has 3 aromatic rings. The number of hydrogen-bond donors (Lipinski definition) is 1. The van der Waals surface area contributed by atoms with Crippen molar-refractivity contribution in [3.63, 3.8) is 0 Å². The fourth-order valence-corrected chi connectivity index (χ4v) is 3.41. The molecule has 0 saturated heterocycles. The van der Waals surface area contributed by atoms with Crippen molar-refractivity contribution in [3.05, 3.63) is 71.3 Å². The molecule has 2 heterocycles. The van der Waals surface area contributed by atoms with Crippen molar-refractivity contribution in [2.75, 3.05) is 13.2 Å². The van der Waals surface area contributed by atoms with Gasteiger partial charge >= 0.3 is 0 Å². The van der Waals surface area contributed by atoms with Gasteiger partial charge in [0.1, 0.15) is 0 Å². The van der Waals surface area contributed by atoms with Gasteiger partial charge in [-0.05, 0) is 42.3 Å². The topological polar surface area (TPSA) is 48.3 Å². The fourth-order valence-electron chi connectivity index (χ4n) is 3.12. The van der Waals surface area contributed by atoms with Crippen molar-refractivity contribution in [1.29, 1.82) is 0 Å². The van der Waals surface area contributed by atoms with Crippen LogP contribution in [0, 0.1) is 0 Å². The summed E-state index contributed by atoms with van der Waals surface area (Å²) in [6.45, 7) is 4.13. The third-order valence-electron chi connectivity index (χ3n) is 4.67. The minimum atomic E-state index is 0.205. The van der Waals surface area contributed by atoms with Gasteiger partial charge < -0.3 is 19.4 Å². The van der Waals surface area contributed by atoms with Crippen molar-refractivity contribution in [3.8, 4) is 17.2 Å². The highest BCUT2D eigenvalue weighted by Crippen LogP contribution is 2.38. The number of benzene rings is 2. The molecule has 5 nitrogen and oxygen atoms in total. The molecule has 2 aromatic carbocycles. The molecule has 1 aliphatic rings. The van der Waals surface area contributed by atoms with Crippen LogP contribution in [-0.4, -0.2) is 22.8 Å². The van der Waals surface area contributed by atoms with Crippen LogP contribution < -0.4 is 14.8 Å². The predicted octanol–water partition coefficient (Wildman–Crippen LogP) is 4.54. The van der Waals surface area contributed by atoms with Crippen LogP contribution >= 0.6 is 11.6 Å². The molecule has 1 aliphatic heterocycles. The first-order valence-electron chi connectivity index (χ1n) is 9.10. The Balaban J connectivity index is 1.42. The van der Waals surface area contributed by atoms with E-state index in [1.54, 1.807) is 12.5 Å². The van der Waals surface area contributed by atoms with Crippen LogP contribution in [0.3, 0.4) is 0 Å². The summed E-state index contributed by atoms with van der Waals surface area (Å²) in [6.07, 6.45) is 6.37. The minimum Gasteiger partial charge on any atom is -0.489 e. The number of nitrogens with zero attached hydrogens (tertiary/aromatic N) is 2. The molecule has 4 rings (SSSR count). The first kappa shape index (κ1) is 17.9. The average Bonchev–Trinajstić information content (AvgIpc) is 3.12. The minimum absolute atomic E-state index is 0.205. The van der Waals surface area contributed by atoms with Gasteiger partial charge in [-0.1, -0.05) is 23.7 Å². The smallest absolute Gasteiger partial charge is 0.179 e. The van der Waals surface area contributed by atoms with Crippen LogP contribution in [0.5, 0.6) is 11.5 Å². The maximum absolute atomic E-state index is 6.38. The van der Waals surface area contributed by atoms with E-state index < -0.39 is 0 Å². The molecule has 0 radical (unpaired) electrons. The number of nitrogens with one attached hydrogen (secondary N) is 1. The van der Waals surface area contributed by atoms with Gasteiger partial charge in [-0.25, -0.2) is 4.98 Å². The molecule has 6 heteroatoms. The Hall–Kier alpha value is -2.50. The number of fused-ring (bicyclic) bond motifs is 1. The first-order chi connectivity index (χ1) is 13.2. The molecule has 0 spiro atoms. The molecular weight excluding hydrogens is 362 g/mol. The van der Waals surface area contributed by atoms with E-state index in [1.807, 2.05) is 22.9 Å². The summed E-state index contributed by atoms with van der Waals surface area (Å²) >= 11 is 6.38. The Kier molecular flexibility index (Phi) is 5.32. The third-order valence-corrected chi connectivity index (χ3v) is 4.95. The zero-order valence-corrected chi connectivity index (χ0v) is 15.9. The molecule has 0 unspecified atom stereocenters. The Morgan fingerprint density at radius 1 is 1.19 bits per heavy atom. The van der Waals surface area contributed by atoms with Crippen LogP contribution in [0.4, 0.5) is 0 Å². The molecule has 1 N–H and O–H groups in total. The molecule has 0 amide bonds. The van der Waals surface area contributed by atoms with Crippen LogP contribution in [0.2, 0.25) is 5.02 Å². The van der Waals surface area contributed by atoms with E-state index >= 15 is 0 Å². The van der Waals surface area contributed by atoms with E-state index in [0.717, 1.165) is 23.4 Å². The van der Waals surface area contributed by atoms with Gasteiger partial charge in [0.25, 0.3) is 0 Å². The molecule has 1 aromatic heterocycles. The normalized spacial score (nSPS) is 14.6. The predicted molar refractivity (Wildman–Crippen MR) is 106 cm³/mol. The third kappa shape index (κ3) is 4.10. The molecule has 1 atom stereocenters. The molecule has 140 valence electrons. The second kappa shape index (κ2) is 8.03. The Bertz CT molecular complexity index is 895. The molecule has 0 fully saturated rings. The highest BCUT2D eigenvalue weighted by molar-refractivity contribution is 6.32. The van der Waals surface area contributed by atoms with Gasteiger partial charge in [0, 0.05) is 37.1 Å². The van der Waals surface area contributed by atoms with Gasteiger partial charge in [0.05, 0.1) is 24.6 Å². The number of ether oxygens (including phenoxy) is 2. The highest BCUT2D eigenvalue weighted by atomic mass is 35.5. The van der Waals surface area contributed by atoms with Gasteiger partial charge in [0.2, 0.25) is 0 Å². The largest absolute Gasteiger partial charge is 0.489 e. The summed E-state index contributed by atoms with van der Waals surface area (Å²) < 4.78 is 13.4. The number of hydrogen-bond acceptors (Lipinski definition) is 4. The lowest BCUT2D eigenvalue weighted by Crippen LogP contribution is -2.18. The Labute approximate surface area is 163 Å². The van der Waals surface area contributed by atoms with E-state index in [9.17, 15) is 0 Å². The van der Waals surface area contributed by atoms with E-state index in [1.165, 1.54) is 5.56 Å². The molecule has 27 heavy (non-hydrogen) atoms. The quantitative estimate of drug-likeness (QED) is 0.702. The summed E-state index contributed by atoms with van der Waals surface area (Å²) in [5.74, 6) is 1.38. The van der Waals surface area contributed by atoms with Crippen LogP contribution in [0.1, 0.15) is 30.5 Å². The Morgan fingerprint density at radius 3 is 2.78 bits per heavy atom. The van der Waals surface area contributed by atoms with Crippen molar-refractivity contribution in [2.24, 2.45) is 0 Å². The van der Waals surface area contributed by atoms with Gasteiger partial charge in [0.15, 0.2) is 11.5 Å². The standard InChI is InChI=1S/C21H22ClN3O2/c1-15(17-3-5-18(6-4-17)25-8-7-23-14-25)24-13-16-11-19(22)21-20(12-16)26-9-2-10-27-21/h3-8,11-12,14-15,24H,2,9-10,13H2,1H3/t15-/m0/s1. The number of imidazole rings is 1. The fraction of sp³-hybridized carbons (Fsp3) is 0.286. The molecule has 0 bridgehead atoms. The SMILES string of the molecule is C[C@H](NCc1cc(Cl)c2c(c1)OCCCO2)c1ccc(-n2ccnc2)cc1. The highest BCUT2D eigenvalue weighted by Gasteiger charge is 2.16. The van der Waals surface area contributed by atoms with Crippen LogP contribution in [0.15, 0.2) is 55.1 Å². The number of aromatic nitrogens is 2. The van der Waals surface area contributed by atoms with Crippen molar-refractivity contribution >= 4 is 11.6 Å². The Morgan fingerprint density at radius 2 is 2.00 bits per heavy atom. The van der Waals surface area contributed by atoms with Gasteiger partial charge in [-0.2, -0.15) is 0 Å². The molecule has 0 aliphatic carbocycles. The van der Waals surface area contributed by atoms with E-state index in [0.29, 0.717) is 30.5 Å². The zero-order chi connectivity index (χ0) is 18.6. The van der Waals surface area contributed by atoms with E-state index in [4.69, 9.17) is 21.1 Å². The second-order valence-electron chi connectivity index (χ2n) is 6.62. The van der Waals surface area contributed by atoms with Crippen molar-refractivity contribution < 1.29 is 9.47 Å². The number of halogens is 1. The van der Waals surface area contributed by atoms with Crippen molar-refractivity contribution in [1.82, 2.24) is 14.9 Å². The van der Waals surface area contributed by atoms with Crippen molar-refractivity contribution in [2.45, 2.75) is 25.9 Å². The lowest BCUT2D eigenvalue weighted by molar-refractivity contribution is 0.297. The average molecular weight is 384 g/mol. The van der Waals surface area contributed by atoms with Gasteiger partial charge in [-0.3, -0.25) is 0 Å². The van der Waals surface area contributed by atoms with Gasteiger partial charge in [-0.15, -0.1) is 0 Å². The summed E-state index contributed by atoms with van der Waals surface area (Å²) in [4.78, 5) is 4.08. The maximum atomic E-state index is 6.38. The molecule has 0 saturated carbocycles. The lowest BCUT2D eigenvalue weighted by Gasteiger charge is -2.16. The first-order valence-corrected chi connectivity index (χ1v) is 9.48. The maximum Gasteiger partial charge on any atom is 0.179 e. The number of rotatable bonds is 5. The summed E-state index contributed by atoms with van der Waals surface area (Å²) in [5, 5.41) is 4.15. The second-order valence-corrected chi connectivity index (χ2v) is 7.03. The van der Waals surface area contributed by atoms with E-state index in [-0.39, 0.29) is 6.04 Å². The van der Waals surface area contributed by atoms with Crippen LogP contribution in [-0.2, 0) is 6.54 Å². The summed E-state index contributed by atoms with van der Waals surface area (Å²) in [6, 6.07) is 12.6. The zero-order valence-electron chi connectivity index (χ0n) is 15.2. The summed E-state index contributed by atoms with van der Waals surface area (Å²) in [7, 11) is 0. The van der Waals surface area contributed by atoms with Crippen LogP contribution in [0.25, 0.3) is 5.69 Å². The summed E-state index contributed by atoms with van der Waals surface area (Å²) in [5.41, 5.74) is 3.39. The molecular formula is C21H22ClN3O2. The lowest BCUT2D eigenvalue weighted by atomic mass is 10.1. The monoisotopic (exact) mass is 383 g/mol. The van der Waals surface area contributed by atoms with E-state index in [2.05, 4.69) is 41.5 Å².